The fourth-order valence-electron chi connectivity index (χ4n) is 3.45. The average Bonchev–Trinajstić information content (AvgIpc) is 3.34. The topological polar surface area (TPSA) is 99.6 Å². The van der Waals surface area contributed by atoms with Crippen molar-refractivity contribution in [1.82, 2.24) is 4.98 Å². The van der Waals surface area contributed by atoms with Gasteiger partial charge in [-0.25, -0.2) is 14.2 Å². The number of halogens is 1. The van der Waals surface area contributed by atoms with Gasteiger partial charge in [0.15, 0.2) is 11.5 Å². The van der Waals surface area contributed by atoms with Gasteiger partial charge >= 0.3 is 5.97 Å². The third-order valence-corrected chi connectivity index (χ3v) is 6.27. The summed E-state index contributed by atoms with van der Waals surface area (Å²) in [6, 6.07) is 13.4. The predicted molar refractivity (Wildman–Crippen MR) is 138 cm³/mol. The van der Waals surface area contributed by atoms with E-state index in [-0.39, 0.29) is 10.7 Å². The van der Waals surface area contributed by atoms with Crippen molar-refractivity contribution in [1.29, 1.82) is 0 Å². The third kappa shape index (κ3) is 5.36. The molecule has 1 aromatic heterocycles. The molecule has 37 heavy (non-hydrogen) atoms. The van der Waals surface area contributed by atoms with Gasteiger partial charge in [-0.05, 0) is 54.6 Å². The highest BCUT2D eigenvalue weighted by atomic mass is 32.1. The van der Waals surface area contributed by atoms with E-state index >= 15 is 0 Å². The number of methoxy groups -OCH3 is 4. The largest absolute Gasteiger partial charge is 0.493 e. The molecule has 3 aromatic carbocycles. The molecule has 0 N–H and O–H groups in total. The van der Waals surface area contributed by atoms with Gasteiger partial charge in [-0.2, -0.15) is 10.1 Å². The SMILES string of the molecule is COC(=O)c1ccc(C(=O)N(N=Cc2cc(OC)c(OC)c(OC)c2)c2nc3ccc(F)cc3s2)cc1. The molecule has 4 aromatic rings. The van der Waals surface area contributed by atoms with Crippen LogP contribution in [0.15, 0.2) is 59.7 Å². The average molecular weight is 524 g/mol. The molecular formula is C26H22FN3O6S. The molecule has 0 aliphatic rings. The van der Waals surface area contributed by atoms with Crippen LogP contribution < -0.4 is 19.2 Å². The first-order valence-corrected chi connectivity index (χ1v) is 11.6. The molecule has 0 radical (unpaired) electrons. The highest BCUT2D eigenvalue weighted by Crippen LogP contribution is 2.38. The zero-order chi connectivity index (χ0) is 26.5. The Morgan fingerprint density at radius 2 is 1.57 bits per heavy atom. The van der Waals surface area contributed by atoms with Gasteiger partial charge < -0.3 is 18.9 Å². The number of anilines is 1. The van der Waals surface area contributed by atoms with E-state index in [1.54, 1.807) is 12.1 Å². The molecule has 1 heterocycles. The number of hydrazone groups is 1. The van der Waals surface area contributed by atoms with Crippen molar-refractivity contribution in [2.45, 2.75) is 0 Å². The number of ether oxygens (including phenoxy) is 4. The molecule has 0 unspecified atom stereocenters. The number of nitrogens with zero attached hydrogens (tertiary/aromatic N) is 3. The number of carbonyl (C=O) groups is 2. The van der Waals surface area contributed by atoms with Gasteiger partial charge in [0.25, 0.3) is 5.91 Å². The number of amides is 1. The molecule has 0 bridgehead atoms. The number of carbonyl (C=O) groups excluding carboxylic acids is 2. The lowest BCUT2D eigenvalue weighted by Gasteiger charge is -2.15. The quantitative estimate of drug-likeness (QED) is 0.183. The standard InChI is InChI=1S/C26H22FN3O6S/c1-33-20-11-15(12-21(34-2)23(20)35-3)14-28-30(26-29-19-10-9-18(27)13-22(19)37-26)24(31)16-5-7-17(8-6-16)25(32)36-4/h5-14H,1-4H3. The minimum atomic E-state index is -0.524. The Hall–Kier alpha value is -4.51. The molecule has 0 fully saturated rings. The van der Waals surface area contributed by atoms with Gasteiger partial charge in [0.1, 0.15) is 5.82 Å². The molecule has 0 saturated heterocycles. The lowest BCUT2D eigenvalue weighted by molar-refractivity contribution is 0.0600. The maximum absolute atomic E-state index is 13.8. The van der Waals surface area contributed by atoms with E-state index in [1.807, 2.05) is 0 Å². The molecular weight excluding hydrogens is 501 g/mol. The Bertz CT molecular complexity index is 1460. The van der Waals surface area contributed by atoms with Crippen LogP contribution in [0.4, 0.5) is 9.52 Å². The fourth-order valence-corrected chi connectivity index (χ4v) is 4.40. The lowest BCUT2D eigenvalue weighted by Crippen LogP contribution is -2.25. The van der Waals surface area contributed by atoms with E-state index in [1.165, 1.54) is 77.1 Å². The lowest BCUT2D eigenvalue weighted by atomic mass is 10.1. The predicted octanol–water partition coefficient (Wildman–Crippen LogP) is 4.93. The van der Waals surface area contributed by atoms with Gasteiger partial charge in [0, 0.05) is 11.1 Å². The smallest absolute Gasteiger partial charge is 0.337 e. The van der Waals surface area contributed by atoms with Gasteiger partial charge in [0.05, 0.1) is 50.4 Å². The first kappa shape index (κ1) is 25.6. The molecule has 0 aliphatic carbocycles. The van der Waals surface area contributed by atoms with Crippen LogP contribution >= 0.6 is 11.3 Å². The van der Waals surface area contributed by atoms with Crippen LogP contribution in [0.5, 0.6) is 17.2 Å². The molecule has 9 nitrogen and oxygen atoms in total. The summed E-state index contributed by atoms with van der Waals surface area (Å²) >= 11 is 1.11. The van der Waals surface area contributed by atoms with Crippen LogP contribution in [-0.2, 0) is 4.74 Å². The van der Waals surface area contributed by atoms with Gasteiger partial charge in [-0.1, -0.05) is 11.3 Å². The maximum atomic E-state index is 13.8. The fraction of sp³-hybridized carbons (Fsp3) is 0.154. The summed E-state index contributed by atoms with van der Waals surface area (Å²) in [5, 5.41) is 5.75. The van der Waals surface area contributed by atoms with E-state index in [2.05, 4.69) is 10.1 Å². The van der Waals surface area contributed by atoms with Crippen LogP contribution in [0.25, 0.3) is 10.2 Å². The molecule has 11 heteroatoms. The molecule has 4 rings (SSSR count). The summed E-state index contributed by atoms with van der Waals surface area (Å²) in [4.78, 5) is 29.8. The molecule has 0 atom stereocenters. The molecule has 0 aliphatic heterocycles. The normalized spacial score (nSPS) is 10.9. The summed E-state index contributed by atoms with van der Waals surface area (Å²) in [7, 11) is 5.76. The third-order valence-electron chi connectivity index (χ3n) is 5.28. The molecule has 0 spiro atoms. The van der Waals surface area contributed by atoms with Crippen LogP contribution in [0.1, 0.15) is 26.3 Å². The van der Waals surface area contributed by atoms with Crippen LogP contribution in [0.2, 0.25) is 0 Å². The van der Waals surface area contributed by atoms with E-state index < -0.39 is 17.7 Å². The summed E-state index contributed by atoms with van der Waals surface area (Å²) in [6.07, 6.45) is 1.44. The Morgan fingerprint density at radius 1 is 0.919 bits per heavy atom. The van der Waals surface area contributed by atoms with Crippen molar-refractivity contribution in [3.8, 4) is 17.2 Å². The number of aromatic nitrogens is 1. The first-order chi connectivity index (χ1) is 17.9. The minimum Gasteiger partial charge on any atom is -0.493 e. The number of benzene rings is 3. The molecule has 190 valence electrons. The second kappa shape index (κ2) is 11.0. The molecule has 1 amide bonds. The van der Waals surface area contributed by atoms with Crippen molar-refractivity contribution in [2.75, 3.05) is 33.4 Å². The number of esters is 1. The van der Waals surface area contributed by atoms with E-state index in [4.69, 9.17) is 18.9 Å². The monoisotopic (exact) mass is 523 g/mol. The van der Waals surface area contributed by atoms with E-state index in [9.17, 15) is 14.0 Å². The Balaban J connectivity index is 1.77. The number of rotatable bonds is 8. The number of fused-ring (bicyclic) bond motifs is 1. The van der Waals surface area contributed by atoms with Crippen LogP contribution in [0.3, 0.4) is 0 Å². The second-order valence-electron chi connectivity index (χ2n) is 7.50. The first-order valence-electron chi connectivity index (χ1n) is 10.8. The summed E-state index contributed by atoms with van der Waals surface area (Å²) < 4.78 is 35.2. The summed E-state index contributed by atoms with van der Waals surface area (Å²) in [5.74, 6) is -0.219. The zero-order valence-electron chi connectivity index (χ0n) is 20.4. The maximum Gasteiger partial charge on any atom is 0.337 e. The number of thiazole rings is 1. The van der Waals surface area contributed by atoms with E-state index in [0.717, 1.165) is 16.3 Å². The van der Waals surface area contributed by atoms with Gasteiger partial charge in [0.2, 0.25) is 10.9 Å². The van der Waals surface area contributed by atoms with Crippen molar-refractivity contribution in [2.24, 2.45) is 5.10 Å². The summed E-state index contributed by atoms with van der Waals surface area (Å²) in [6.45, 7) is 0. The number of hydrogen-bond acceptors (Lipinski definition) is 9. The molecule has 0 saturated carbocycles. The van der Waals surface area contributed by atoms with Crippen molar-refractivity contribution < 1.29 is 32.9 Å². The van der Waals surface area contributed by atoms with Crippen molar-refractivity contribution in [3.63, 3.8) is 0 Å². The summed E-state index contributed by atoms with van der Waals surface area (Å²) in [5.41, 5.74) is 1.62. The van der Waals surface area contributed by atoms with Crippen molar-refractivity contribution in [3.05, 3.63) is 77.1 Å². The van der Waals surface area contributed by atoms with Gasteiger partial charge in [-0.3, -0.25) is 4.79 Å². The highest BCUT2D eigenvalue weighted by molar-refractivity contribution is 7.22. The Morgan fingerprint density at radius 3 is 2.16 bits per heavy atom. The van der Waals surface area contributed by atoms with Crippen LogP contribution in [-0.4, -0.2) is 51.5 Å². The zero-order valence-corrected chi connectivity index (χ0v) is 21.2. The van der Waals surface area contributed by atoms with Crippen molar-refractivity contribution >= 4 is 44.8 Å². The number of hydrogen-bond donors (Lipinski definition) is 0. The second-order valence-corrected chi connectivity index (χ2v) is 8.51. The van der Waals surface area contributed by atoms with Gasteiger partial charge in [-0.15, -0.1) is 0 Å². The minimum absolute atomic E-state index is 0.228. The highest BCUT2D eigenvalue weighted by Gasteiger charge is 2.22. The van der Waals surface area contributed by atoms with Crippen LogP contribution in [0, 0.1) is 5.82 Å². The Labute approximate surface area is 215 Å². The van der Waals surface area contributed by atoms with E-state index in [0.29, 0.717) is 38.6 Å². The Kier molecular flexibility index (Phi) is 7.63.